The Hall–Kier alpha value is -5.13. The minimum atomic E-state index is -4.59. The van der Waals surface area contributed by atoms with Gasteiger partial charge in [0.25, 0.3) is 11.5 Å². The fourth-order valence-corrected chi connectivity index (χ4v) is 4.80. The molecule has 0 aliphatic carbocycles. The van der Waals surface area contributed by atoms with Crippen LogP contribution in [0.5, 0.6) is 0 Å². The minimum absolute atomic E-state index is 0.198. The lowest BCUT2D eigenvalue weighted by Gasteiger charge is -2.19. The predicted octanol–water partition coefficient (Wildman–Crippen LogP) is 6.13. The van der Waals surface area contributed by atoms with Crippen molar-refractivity contribution in [2.45, 2.75) is 26.6 Å². The van der Waals surface area contributed by atoms with Crippen molar-refractivity contribution in [1.29, 1.82) is 0 Å². The van der Waals surface area contributed by atoms with Gasteiger partial charge >= 0.3 is 6.18 Å². The summed E-state index contributed by atoms with van der Waals surface area (Å²) in [5.74, 6) is 0.337. The Kier molecular flexibility index (Phi) is 6.68. The van der Waals surface area contributed by atoms with Crippen LogP contribution in [0.2, 0.25) is 0 Å². The van der Waals surface area contributed by atoms with Crippen molar-refractivity contribution in [2.75, 3.05) is 17.2 Å². The number of rotatable bonds is 4. The van der Waals surface area contributed by atoms with Crippen LogP contribution >= 0.6 is 0 Å². The standard InChI is InChI=1S/C30H23F4N7O/c1-16-3-5-20(38-28(42)25-12-19(7-8-35-25)30(32,33)34)13-22(16)23-11-18-15-37-29(39-21-6-4-17(2)24(31)14-21)40-26(18)41-10-9-36-27(23)41/h3-8,11-15,36H,9-10H2,1-2H3,(H,38,42). The third-order valence-electron chi connectivity index (χ3n) is 6.98. The lowest BCUT2D eigenvalue weighted by molar-refractivity contribution is -0.137. The molecule has 12 heteroatoms. The number of anilines is 2. The highest BCUT2D eigenvalue weighted by Crippen LogP contribution is 2.39. The summed E-state index contributed by atoms with van der Waals surface area (Å²) in [4.78, 5) is 30.0. The van der Waals surface area contributed by atoms with Gasteiger partial charge in [0.05, 0.1) is 11.3 Å². The molecule has 3 aromatic rings. The summed E-state index contributed by atoms with van der Waals surface area (Å²) in [6.45, 7) is 4.88. The summed E-state index contributed by atoms with van der Waals surface area (Å²) in [5, 5.41) is 6.05. The van der Waals surface area contributed by atoms with E-state index < -0.39 is 17.6 Å². The van der Waals surface area contributed by atoms with Gasteiger partial charge in [-0.25, -0.2) is 14.4 Å². The largest absolute Gasteiger partial charge is 0.416 e. The van der Waals surface area contributed by atoms with Gasteiger partial charge in [-0.05, 0) is 73.0 Å². The van der Waals surface area contributed by atoms with Crippen molar-refractivity contribution in [3.8, 4) is 22.5 Å². The molecule has 3 aliphatic heterocycles. The second kappa shape index (κ2) is 10.4. The monoisotopic (exact) mass is 573 g/mol. The quantitative estimate of drug-likeness (QED) is 0.252. The molecule has 0 saturated heterocycles. The molecule has 42 heavy (non-hydrogen) atoms. The molecule has 0 bridgehead atoms. The van der Waals surface area contributed by atoms with Crippen molar-refractivity contribution in [3.63, 3.8) is 0 Å². The molecule has 1 amide bonds. The van der Waals surface area contributed by atoms with Crippen molar-refractivity contribution in [1.82, 2.24) is 19.5 Å². The number of nitrogens with one attached hydrogen (secondary N) is 2. The second-order valence-corrected chi connectivity index (χ2v) is 9.89. The van der Waals surface area contributed by atoms with Gasteiger partial charge in [-0.3, -0.25) is 9.78 Å². The van der Waals surface area contributed by atoms with Gasteiger partial charge < -0.3 is 15.2 Å². The molecule has 2 N–H and O–H groups in total. The number of hydrogen-bond acceptors (Lipinski definition) is 6. The first-order valence-corrected chi connectivity index (χ1v) is 13.0. The number of alkyl halides is 3. The fraction of sp³-hybridized carbons (Fsp3) is 0.167. The number of nitrogens with zero attached hydrogens (tertiary/aromatic N) is 5. The first kappa shape index (κ1) is 27.1. The third-order valence-corrected chi connectivity index (χ3v) is 6.98. The Morgan fingerprint density at radius 3 is 2.60 bits per heavy atom. The van der Waals surface area contributed by atoms with Gasteiger partial charge in [-0.2, -0.15) is 18.2 Å². The number of benzene rings is 2. The molecule has 212 valence electrons. The van der Waals surface area contributed by atoms with E-state index in [1.807, 2.05) is 23.6 Å². The molecule has 4 heterocycles. The third kappa shape index (κ3) is 5.18. The van der Waals surface area contributed by atoms with Crippen molar-refractivity contribution >= 4 is 23.1 Å². The molecular weight excluding hydrogens is 550 g/mol. The summed E-state index contributed by atoms with van der Waals surface area (Å²) < 4.78 is 55.4. The van der Waals surface area contributed by atoms with Crippen LogP contribution in [0, 0.1) is 19.7 Å². The van der Waals surface area contributed by atoms with Gasteiger partial charge in [0.15, 0.2) is 0 Å². The van der Waals surface area contributed by atoms with Crippen molar-refractivity contribution < 1.29 is 22.4 Å². The molecule has 0 fully saturated rings. The van der Waals surface area contributed by atoms with Crippen molar-refractivity contribution in [3.05, 3.63) is 101 Å². The zero-order chi connectivity index (χ0) is 29.6. The van der Waals surface area contributed by atoms with Crippen LogP contribution < -0.4 is 16.3 Å². The van der Waals surface area contributed by atoms with Gasteiger partial charge in [-0.15, -0.1) is 0 Å². The molecule has 1 aromatic heterocycles. The Balaban J connectivity index is 1.37. The molecule has 0 radical (unpaired) electrons. The van der Waals surface area contributed by atoms with E-state index in [-0.39, 0.29) is 17.1 Å². The van der Waals surface area contributed by atoms with E-state index in [1.165, 1.54) is 6.07 Å². The summed E-state index contributed by atoms with van der Waals surface area (Å²) in [5.41, 5.74) is 3.51. The first-order valence-electron chi connectivity index (χ1n) is 13.0. The van der Waals surface area contributed by atoms with Gasteiger partial charge in [0.2, 0.25) is 0 Å². The molecule has 0 spiro atoms. The SMILES string of the molecule is Cc1ccc(N=c2ncc3cc(-c4cc(NC(=O)c5cc(C(F)(F)F)ccn5)ccc4C)c4n(c-3n2)CCN4)cc1F. The Bertz CT molecular complexity index is 1900. The predicted molar refractivity (Wildman–Crippen MR) is 149 cm³/mol. The topological polar surface area (TPSA) is 97.1 Å². The molecule has 3 aliphatic rings. The Morgan fingerprint density at radius 2 is 1.81 bits per heavy atom. The minimum Gasteiger partial charge on any atom is -0.369 e. The summed E-state index contributed by atoms with van der Waals surface area (Å²) >= 11 is 0. The number of carbonyl (C=O) groups is 1. The van der Waals surface area contributed by atoms with Crippen LogP contribution in [-0.2, 0) is 12.7 Å². The van der Waals surface area contributed by atoms with Gasteiger partial charge in [0, 0.05) is 42.3 Å². The number of hydrogen-bond donors (Lipinski definition) is 2. The van der Waals surface area contributed by atoms with E-state index in [1.54, 1.807) is 37.4 Å². The second-order valence-electron chi connectivity index (χ2n) is 9.89. The lowest BCUT2D eigenvalue weighted by Crippen LogP contribution is -2.17. The molecule has 0 saturated carbocycles. The zero-order valence-electron chi connectivity index (χ0n) is 22.4. The number of amides is 1. The lowest BCUT2D eigenvalue weighted by atomic mass is 9.98. The average molecular weight is 574 g/mol. The number of fused-ring (bicyclic) bond motifs is 3. The van der Waals surface area contributed by atoms with E-state index >= 15 is 0 Å². The number of carbonyl (C=O) groups excluding carboxylic acids is 1. The highest BCUT2D eigenvalue weighted by atomic mass is 19.4. The van der Waals surface area contributed by atoms with Crippen molar-refractivity contribution in [2.24, 2.45) is 4.99 Å². The summed E-state index contributed by atoms with van der Waals surface area (Å²) in [7, 11) is 0. The van der Waals surface area contributed by atoms with Gasteiger partial charge in [-0.1, -0.05) is 12.1 Å². The molecule has 8 nitrogen and oxygen atoms in total. The normalized spacial score (nSPS) is 13.2. The maximum atomic E-state index is 14.0. The Morgan fingerprint density at radius 1 is 1.00 bits per heavy atom. The average Bonchev–Trinajstić information content (AvgIpc) is 3.46. The zero-order valence-corrected chi connectivity index (χ0v) is 22.4. The van der Waals surface area contributed by atoms with Crippen LogP contribution in [0.15, 0.2) is 72.0 Å². The van der Waals surface area contributed by atoms with E-state index in [0.717, 1.165) is 46.4 Å². The van der Waals surface area contributed by atoms with E-state index in [9.17, 15) is 22.4 Å². The van der Waals surface area contributed by atoms with Crippen LogP contribution in [0.4, 0.5) is 34.8 Å². The number of aryl methyl sites for hydroxylation is 2. The van der Waals surface area contributed by atoms with E-state index in [4.69, 9.17) is 0 Å². The molecule has 0 unspecified atom stereocenters. The summed E-state index contributed by atoms with van der Waals surface area (Å²) in [6.07, 6.45) is -1.98. The Labute approximate surface area is 237 Å². The highest BCUT2D eigenvalue weighted by Gasteiger charge is 2.31. The fourth-order valence-electron chi connectivity index (χ4n) is 4.80. The molecular formula is C30H23F4N7O. The maximum absolute atomic E-state index is 14.0. The number of pyridine rings is 2. The van der Waals surface area contributed by atoms with Gasteiger partial charge in [0.1, 0.15) is 23.2 Å². The molecule has 2 aromatic carbocycles. The van der Waals surface area contributed by atoms with Crippen LogP contribution in [0.1, 0.15) is 27.2 Å². The van der Waals surface area contributed by atoms with Crippen LogP contribution in [-0.4, -0.2) is 32.0 Å². The number of aromatic nitrogens is 4. The summed E-state index contributed by atoms with van der Waals surface area (Å²) in [6, 6.07) is 13.4. The van der Waals surface area contributed by atoms with E-state index in [2.05, 4.69) is 30.6 Å². The van der Waals surface area contributed by atoms with Crippen LogP contribution in [0.25, 0.3) is 22.5 Å². The highest BCUT2D eigenvalue weighted by molar-refractivity contribution is 6.03. The first-order chi connectivity index (χ1) is 20.1. The molecule has 6 rings (SSSR count). The van der Waals surface area contributed by atoms with Crippen LogP contribution in [0.3, 0.4) is 0 Å². The van der Waals surface area contributed by atoms with E-state index in [0.29, 0.717) is 35.9 Å². The number of halogens is 4. The maximum Gasteiger partial charge on any atom is 0.416 e. The molecule has 0 atom stereocenters. The smallest absolute Gasteiger partial charge is 0.369 e.